The van der Waals surface area contributed by atoms with Crippen LogP contribution in [0.1, 0.15) is 12.5 Å². The van der Waals surface area contributed by atoms with E-state index in [2.05, 4.69) is 4.99 Å². The number of para-hydroxylation sites is 2. The van der Waals surface area contributed by atoms with Gasteiger partial charge in [-0.2, -0.15) is 0 Å². The van der Waals surface area contributed by atoms with E-state index in [0.717, 1.165) is 11.3 Å². The van der Waals surface area contributed by atoms with Gasteiger partial charge in [-0.1, -0.05) is 35.9 Å². The topological polar surface area (TPSA) is 49.3 Å². The van der Waals surface area contributed by atoms with Gasteiger partial charge in [-0.25, -0.2) is 4.99 Å². The van der Waals surface area contributed by atoms with Crippen molar-refractivity contribution in [2.24, 2.45) is 4.99 Å². The van der Waals surface area contributed by atoms with E-state index in [9.17, 15) is 0 Å². The molecule has 154 valence electrons. The summed E-state index contributed by atoms with van der Waals surface area (Å²) in [6.07, 6.45) is 1.60. The first-order chi connectivity index (χ1) is 14.6. The second-order valence-electron chi connectivity index (χ2n) is 6.60. The molecule has 0 fully saturated rings. The first-order valence-electron chi connectivity index (χ1n) is 9.53. The normalized spacial score (nSPS) is 11.7. The lowest BCUT2D eigenvalue weighted by Crippen LogP contribution is -2.11. The van der Waals surface area contributed by atoms with Gasteiger partial charge in [-0.15, -0.1) is 0 Å². The van der Waals surface area contributed by atoms with E-state index in [1.54, 1.807) is 26.5 Å². The molecule has 0 saturated heterocycles. The van der Waals surface area contributed by atoms with Crippen LogP contribution in [0.4, 0.5) is 5.69 Å². The Labute approximate surface area is 177 Å². The number of ether oxygens (including phenoxy) is 4. The van der Waals surface area contributed by atoms with Crippen LogP contribution >= 0.6 is 0 Å². The Hall–Kier alpha value is -3.73. The quantitative estimate of drug-likeness (QED) is 0.271. The highest BCUT2D eigenvalue weighted by atomic mass is 16.5. The van der Waals surface area contributed by atoms with Crippen LogP contribution in [-0.2, 0) is 0 Å². The molecule has 5 heteroatoms. The summed E-state index contributed by atoms with van der Waals surface area (Å²) >= 11 is 0. The average Bonchev–Trinajstić information content (AvgIpc) is 2.78. The van der Waals surface area contributed by atoms with Crippen molar-refractivity contribution in [2.75, 3.05) is 14.2 Å². The van der Waals surface area contributed by atoms with E-state index in [1.165, 1.54) is 0 Å². The van der Waals surface area contributed by atoms with E-state index in [-0.39, 0.29) is 0 Å². The van der Waals surface area contributed by atoms with E-state index < -0.39 is 0 Å². The molecule has 3 aromatic rings. The number of aliphatic imine (C=N–C) groups is 1. The molecule has 0 spiro atoms. The summed E-state index contributed by atoms with van der Waals surface area (Å²) in [6, 6.07) is 22.7. The van der Waals surface area contributed by atoms with Gasteiger partial charge in [-0.05, 0) is 50.2 Å². The minimum atomic E-state index is 0.419. The summed E-state index contributed by atoms with van der Waals surface area (Å²) in [7, 11) is 3.22. The number of hydrogen-bond acceptors (Lipinski definition) is 5. The molecular formula is C25H25NO4. The van der Waals surface area contributed by atoms with Gasteiger partial charge in [0.2, 0.25) is 5.90 Å². The zero-order valence-corrected chi connectivity index (χ0v) is 17.6. The third kappa shape index (κ3) is 5.64. The largest absolute Gasteiger partial charge is 0.497 e. The number of aryl methyl sites for hydroxylation is 1. The number of methoxy groups -OCH3 is 2. The minimum absolute atomic E-state index is 0.419. The van der Waals surface area contributed by atoms with Gasteiger partial charge in [-0.3, -0.25) is 0 Å². The molecule has 0 saturated carbocycles. The van der Waals surface area contributed by atoms with Gasteiger partial charge in [0.25, 0.3) is 0 Å². The number of nitrogens with zero attached hydrogens (tertiary/aromatic N) is 1. The van der Waals surface area contributed by atoms with Crippen LogP contribution in [0.3, 0.4) is 0 Å². The average molecular weight is 403 g/mol. The van der Waals surface area contributed by atoms with Crippen LogP contribution in [0.15, 0.2) is 89.6 Å². The Bertz CT molecular complexity index is 1040. The standard InChI is InChI=1S/C25H25NO4/c1-18-12-14-20(15-13-18)26-25(30-22-9-7-8-21(16-22)27-3)19(2)17-29-24-11-6-5-10-23(24)28-4/h5-17H,1-4H3. The van der Waals surface area contributed by atoms with Gasteiger partial charge in [0.15, 0.2) is 11.5 Å². The fourth-order valence-corrected chi connectivity index (χ4v) is 2.62. The Morgan fingerprint density at radius 3 is 2.20 bits per heavy atom. The van der Waals surface area contributed by atoms with Crippen molar-refractivity contribution in [1.82, 2.24) is 0 Å². The van der Waals surface area contributed by atoms with Crippen molar-refractivity contribution >= 4 is 11.6 Å². The fraction of sp³-hybridized carbons (Fsp3) is 0.160. The molecule has 0 atom stereocenters. The van der Waals surface area contributed by atoms with Gasteiger partial charge in [0.1, 0.15) is 11.5 Å². The first kappa shape index (κ1) is 21.0. The Balaban J connectivity index is 1.91. The maximum Gasteiger partial charge on any atom is 0.225 e. The number of rotatable bonds is 7. The molecule has 0 aromatic heterocycles. The van der Waals surface area contributed by atoms with Crippen molar-refractivity contribution in [1.29, 1.82) is 0 Å². The number of benzene rings is 3. The predicted octanol–water partition coefficient (Wildman–Crippen LogP) is 6.10. The highest BCUT2D eigenvalue weighted by Crippen LogP contribution is 2.27. The van der Waals surface area contributed by atoms with E-state index in [4.69, 9.17) is 18.9 Å². The zero-order chi connectivity index (χ0) is 21.3. The summed E-state index contributed by atoms with van der Waals surface area (Å²) in [5.41, 5.74) is 2.66. The molecule has 0 radical (unpaired) electrons. The minimum Gasteiger partial charge on any atom is -0.497 e. The monoisotopic (exact) mass is 403 g/mol. The molecule has 5 nitrogen and oxygen atoms in total. The van der Waals surface area contributed by atoms with E-state index in [1.807, 2.05) is 80.6 Å². The Morgan fingerprint density at radius 1 is 0.800 bits per heavy atom. The first-order valence-corrected chi connectivity index (χ1v) is 9.53. The van der Waals surface area contributed by atoms with Crippen LogP contribution in [0.5, 0.6) is 23.0 Å². The number of hydrogen-bond donors (Lipinski definition) is 0. The molecule has 0 amide bonds. The van der Waals surface area contributed by atoms with Crippen LogP contribution < -0.4 is 18.9 Å². The molecule has 0 aliphatic rings. The predicted molar refractivity (Wildman–Crippen MR) is 119 cm³/mol. The van der Waals surface area contributed by atoms with Gasteiger partial charge < -0.3 is 18.9 Å². The van der Waals surface area contributed by atoms with Gasteiger partial charge in [0, 0.05) is 11.6 Å². The van der Waals surface area contributed by atoms with Crippen molar-refractivity contribution < 1.29 is 18.9 Å². The molecule has 3 aromatic carbocycles. The van der Waals surface area contributed by atoms with Gasteiger partial charge >= 0.3 is 0 Å². The lowest BCUT2D eigenvalue weighted by molar-refractivity contribution is 0.377. The zero-order valence-electron chi connectivity index (χ0n) is 17.6. The summed E-state index contributed by atoms with van der Waals surface area (Å²) in [4.78, 5) is 4.68. The van der Waals surface area contributed by atoms with Crippen LogP contribution in [0, 0.1) is 6.92 Å². The van der Waals surface area contributed by atoms with Crippen molar-refractivity contribution in [3.05, 3.63) is 90.2 Å². The summed E-state index contributed by atoms with van der Waals surface area (Å²) in [6.45, 7) is 3.91. The van der Waals surface area contributed by atoms with Crippen molar-refractivity contribution in [3.8, 4) is 23.0 Å². The molecule has 0 bridgehead atoms. The van der Waals surface area contributed by atoms with Gasteiger partial charge in [0.05, 0.1) is 26.2 Å². The molecular weight excluding hydrogens is 378 g/mol. The highest BCUT2D eigenvalue weighted by molar-refractivity contribution is 5.96. The molecule has 0 unspecified atom stereocenters. The highest BCUT2D eigenvalue weighted by Gasteiger charge is 2.10. The van der Waals surface area contributed by atoms with Crippen LogP contribution in [0.25, 0.3) is 0 Å². The molecule has 0 heterocycles. The third-order valence-electron chi connectivity index (χ3n) is 4.29. The fourth-order valence-electron chi connectivity index (χ4n) is 2.62. The molecule has 0 aliphatic carbocycles. The van der Waals surface area contributed by atoms with E-state index >= 15 is 0 Å². The second kappa shape index (κ2) is 10.2. The SMILES string of the molecule is COc1cccc(OC(=Nc2ccc(C)cc2)C(C)=COc2ccccc2OC)c1. The molecule has 0 N–H and O–H groups in total. The maximum atomic E-state index is 6.09. The lowest BCUT2D eigenvalue weighted by Gasteiger charge is -2.12. The third-order valence-corrected chi connectivity index (χ3v) is 4.29. The van der Waals surface area contributed by atoms with Crippen LogP contribution in [-0.4, -0.2) is 20.1 Å². The molecule has 0 aliphatic heterocycles. The maximum absolute atomic E-state index is 6.09. The molecule has 3 rings (SSSR count). The summed E-state index contributed by atoms with van der Waals surface area (Å²) in [5, 5.41) is 0. The van der Waals surface area contributed by atoms with Crippen LogP contribution in [0.2, 0.25) is 0 Å². The second-order valence-corrected chi connectivity index (χ2v) is 6.60. The van der Waals surface area contributed by atoms with Crippen molar-refractivity contribution in [2.45, 2.75) is 13.8 Å². The lowest BCUT2D eigenvalue weighted by atomic mass is 10.2. The summed E-state index contributed by atoms with van der Waals surface area (Å²) < 4.78 is 22.5. The summed E-state index contributed by atoms with van der Waals surface area (Å²) in [5.74, 6) is 2.99. The van der Waals surface area contributed by atoms with E-state index in [0.29, 0.717) is 34.5 Å². The smallest absolute Gasteiger partial charge is 0.225 e. The Kier molecular flexibility index (Phi) is 7.11. The van der Waals surface area contributed by atoms with Crippen molar-refractivity contribution in [3.63, 3.8) is 0 Å². The molecule has 30 heavy (non-hydrogen) atoms. The Morgan fingerprint density at radius 2 is 1.50 bits per heavy atom.